The Bertz CT molecular complexity index is 381. The van der Waals surface area contributed by atoms with Gasteiger partial charge in [0.15, 0.2) is 5.96 Å². The highest BCUT2D eigenvalue weighted by molar-refractivity contribution is 14.0. The standard InChI is InChI=1S/C11H14ClN3.HI/c12-9-3-1-8(2-4-9)11(5-6-11)7-15-10(13)14;/h1-4H,5-7H2,(H4,13,14,15);1H. The highest BCUT2D eigenvalue weighted by atomic mass is 127. The molecule has 3 nitrogen and oxygen atoms in total. The van der Waals surface area contributed by atoms with E-state index in [0.717, 1.165) is 17.9 Å². The van der Waals surface area contributed by atoms with Crippen LogP contribution < -0.4 is 11.5 Å². The molecule has 4 N–H and O–H groups in total. The molecular weight excluding hydrogens is 336 g/mol. The number of aliphatic imine (C=N–C) groups is 1. The molecule has 2 rings (SSSR count). The van der Waals surface area contributed by atoms with Crippen molar-refractivity contribution in [2.24, 2.45) is 16.5 Å². The first kappa shape index (κ1) is 13.6. The predicted octanol–water partition coefficient (Wildman–Crippen LogP) is 2.26. The maximum absolute atomic E-state index is 5.84. The van der Waals surface area contributed by atoms with Gasteiger partial charge in [-0.25, -0.2) is 0 Å². The zero-order chi connectivity index (χ0) is 10.9. The molecule has 0 amide bonds. The molecule has 1 aliphatic carbocycles. The van der Waals surface area contributed by atoms with E-state index < -0.39 is 0 Å². The Morgan fingerprint density at radius 2 is 1.81 bits per heavy atom. The highest BCUT2D eigenvalue weighted by Gasteiger charge is 2.43. The maximum Gasteiger partial charge on any atom is 0.185 e. The van der Waals surface area contributed by atoms with Crippen molar-refractivity contribution in [2.75, 3.05) is 6.54 Å². The minimum atomic E-state index is 0. The second-order valence-corrected chi connectivity index (χ2v) is 4.46. The van der Waals surface area contributed by atoms with Crippen molar-refractivity contribution in [3.8, 4) is 0 Å². The second kappa shape index (κ2) is 5.23. The normalized spacial score (nSPS) is 16.1. The monoisotopic (exact) mass is 351 g/mol. The van der Waals surface area contributed by atoms with Crippen LogP contribution in [0.3, 0.4) is 0 Å². The Labute approximate surface area is 117 Å². The number of hydrogen-bond donors (Lipinski definition) is 2. The summed E-state index contributed by atoms with van der Waals surface area (Å²) in [5, 5.41) is 0.761. The maximum atomic E-state index is 5.84. The summed E-state index contributed by atoms with van der Waals surface area (Å²) in [4.78, 5) is 4.10. The molecular formula is C11H15ClIN3. The molecule has 0 bridgehead atoms. The lowest BCUT2D eigenvalue weighted by molar-refractivity contribution is 0.705. The lowest BCUT2D eigenvalue weighted by atomic mass is 9.96. The topological polar surface area (TPSA) is 64.4 Å². The quantitative estimate of drug-likeness (QED) is 0.498. The van der Waals surface area contributed by atoms with Gasteiger partial charge in [-0.15, -0.1) is 24.0 Å². The SMILES string of the molecule is I.NC(N)=NCC1(c2ccc(Cl)cc2)CC1. The zero-order valence-corrected chi connectivity index (χ0v) is 11.9. The predicted molar refractivity (Wildman–Crippen MR) is 78.5 cm³/mol. The van der Waals surface area contributed by atoms with Gasteiger partial charge < -0.3 is 11.5 Å². The largest absolute Gasteiger partial charge is 0.370 e. The fourth-order valence-electron chi connectivity index (χ4n) is 1.74. The summed E-state index contributed by atoms with van der Waals surface area (Å²) in [7, 11) is 0. The van der Waals surface area contributed by atoms with Crippen LogP contribution in [0.2, 0.25) is 5.02 Å². The lowest BCUT2D eigenvalue weighted by Gasteiger charge is -2.12. The summed E-state index contributed by atoms with van der Waals surface area (Å²) < 4.78 is 0. The van der Waals surface area contributed by atoms with Gasteiger partial charge in [0.25, 0.3) is 0 Å². The summed E-state index contributed by atoms with van der Waals surface area (Å²) in [5.41, 5.74) is 12.1. The van der Waals surface area contributed by atoms with E-state index in [9.17, 15) is 0 Å². The van der Waals surface area contributed by atoms with Crippen LogP contribution in [-0.4, -0.2) is 12.5 Å². The van der Waals surface area contributed by atoms with Gasteiger partial charge in [0.05, 0.1) is 6.54 Å². The fraction of sp³-hybridized carbons (Fsp3) is 0.364. The van der Waals surface area contributed by atoms with Gasteiger partial charge in [-0.3, -0.25) is 4.99 Å². The number of guanidine groups is 1. The van der Waals surface area contributed by atoms with Crippen LogP contribution in [0.15, 0.2) is 29.3 Å². The molecule has 0 aliphatic heterocycles. The Hall–Kier alpha value is -0.490. The first-order chi connectivity index (χ1) is 7.12. The zero-order valence-electron chi connectivity index (χ0n) is 8.82. The van der Waals surface area contributed by atoms with Crippen molar-refractivity contribution in [3.05, 3.63) is 34.9 Å². The summed E-state index contributed by atoms with van der Waals surface area (Å²) in [6.07, 6.45) is 2.29. The first-order valence-corrected chi connectivity index (χ1v) is 5.32. The third kappa shape index (κ3) is 3.01. The number of benzene rings is 1. The third-order valence-electron chi connectivity index (χ3n) is 2.87. The minimum Gasteiger partial charge on any atom is -0.370 e. The van der Waals surface area contributed by atoms with Gasteiger partial charge >= 0.3 is 0 Å². The number of halogens is 2. The molecule has 0 atom stereocenters. The van der Waals surface area contributed by atoms with Gasteiger partial charge in [-0.2, -0.15) is 0 Å². The van der Waals surface area contributed by atoms with E-state index in [-0.39, 0.29) is 35.4 Å². The Morgan fingerprint density at radius 1 is 1.25 bits per heavy atom. The van der Waals surface area contributed by atoms with Gasteiger partial charge in [0, 0.05) is 10.4 Å². The third-order valence-corrected chi connectivity index (χ3v) is 3.13. The average Bonchev–Trinajstić information content (AvgIpc) is 2.97. The van der Waals surface area contributed by atoms with Crippen LogP contribution in [0.1, 0.15) is 18.4 Å². The molecule has 0 aromatic heterocycles. The molecule has 0 radical (unpaired) electrons. The molecule has 0 unspecified atom stereocenters. The molecule has 1 aromatic rings. The van der Waals surface area contributed by atoms with Crippen molar-refractivity contribution >= 4 is 41.5 Å². The van der Waals surface area contributed by atoms with E-state index in [2.05, 4.69) is 17.1 Å². The van der Waals surface area contributed by atoms with E-state index >= 15 is 0 Å². The van der Waals surface area contributed by atoms with Gasteiger partial charge in [-0.1, -0.05) is 23.7 Å². The van der Waals surface area contributed by atoms with E-state index in [1.807, 2.05) is 12.1 Å². The number of nitrogens with zero attached hydrogens (tertiary/aromatic N) is 1. The van der Waals surface area contributed by atoms with Crippen LogP contribution in [0.25, 0.3) is 0 Å². The van der Waals surface area contributed by atoms with Crippen LogP contribution in [-0.2, 0) is 5.41 Å². The molecule has 16 heavy (non-hydrogen) atoms. The lowest BCUT2D eigenvalue weighted by Crippen LogP contribution is -2.25. The van der Waals surface area contributed by atoms with Gasteiger partial charge in [0.2, 0.25) is 0 Å². The molecule has 88 valence electrons. The Balaban J connectivity index is 0.00000128. The summed E-state index contributed by atoms with van der Waals surface area (Å²) in [5.74, 6) is 0.162. The van der Waals surface area contributed by atoms with E-state index in [4.69, 9.17) is 23.1 Å². The van der Waals surface area contributed by atoms with Crippen LogP contribution >= 0.6 is 35.6 Å². The van der Waals surface area contributed by atoms with Crippen molar-refractivity contribution in [1.29, 1.82) is 0 Å². The number of hydrogen-bond acceptors (Lipinski definition) is 1. The van der Waals surface area contributed by atoms with E-state index in [1.54, 1.807) is 0 Å². The van der Waals surface area contributed by atoms with Crippen molar-refractivity contribution < 1.29 is 0 Å². The molecule has 1 fully saturated rings. The molecule has 1 aliphatic rings. The van der Waals surface area contributed by atoms with Crippen molar-refractivity contribution in [3.63, 3.8) is 0 Å². The molecule has 0 saturated heterocycles. The minimum absolute atomic E-state index is 0. The van der Waals surface area contributed by atoms with Crippen molar-refractivity contribution in [1.82, 2.24) is 0 Å². The molecule has 0 spiro atoms. The summed E-state index contributed by atoms with van der Waals surface area (Å²) in [6, 6.07) is 7.92. The summed E-state index contributed by atoms with van der Waals surface area (Å²) >= 11 is 5.84. The highest BCUT2D eigenvalue weighted by Crippen LogP contribution is 2.48. The van der Waals surface area contributed by atoms with Crippen LogP contribution in [0.5, 0.6) is 0 Å². The number of nitrogens with two attached hydrogens (primary N) is 2. The Morgan fingerprint density at radius 3 is 2.25 bits per heavy atom. The van der Waals surface area contributed by atoms with Gasteiger partial charge in [0.1, 0.15) is 0 Å². The van der Waals surface area contributed by atoms with E-state index in [1.165, 1.54) is 5.56 Å². The second-order valence-electron chi connectivity index (χ2n) is 4.03. The molecule has 1 saturated carbocycles. The first-order valence-electron chi connectivity index (χ1n) is 4.94. The average molecular weight is 352 g/mol. The summed E-state index contributed by atoms with van der Waals surface area (Å²) in [6.45, 7) is 0.678. The molecule has 5 heteroatoms. The smallest absolute Gasteiger partial charge is 0.185 e. The fourth-order valence-corrected chi connectivity index (χ4v) is 1.86. The van der Waals surface area contributed by atoms with Crippen LogP contribution in [0.4, 0.5) is 0 Å². The number of rotatable bonds is 3. The van der Waals surface area contributed by atoms with Crippen molar-refractivity contribution in [2.45, 2.75) is 18.3 Å². The molecule has 1 aromatic carbocycles. The molecule has 0 heterocycles. The Kier molecular flexibility index (Phi) is 4.43. The van der Waals surface area contributed by atoms with Crippen LogP contribution in [0, 0.1) is 0 Å². The van der Waals surface area contributed by atoms with Gasteiger partial charge in [-0.05, 0) is 30.5 Å². The van der Waals surface area contributed by atoms with E-state index in [0.29, 0.717) is 6.54 Å².